The topological polar surface area (TPSA) is 54.4 Å². The molecule has 3 aromatic rings. The number of hydrogen-bond donors (Lipinski definition) is 2. The number of aliphatic hydroxyl groups excluding tert-OH is 1. The summed E-state index contributed by atoms with van der Waals surface area (Å²) in [5.41, 5.74) is 2.78. The van der Waals surface area contributed by atoms with Crippen LogP contribution in [0.25, 0.3) is 21.8 Å². The van der Waals surface area contributed by atoms with Crippen LogP contribution in [-0.4, -0.2) is 30.4 Å². The van der Waals surface area contributed by atoms with E-state index in [0.29, 0.717) is 5.02 Å². The van der Waals surface area contributed by atoms with Crippen LogP contribution in [0.4, 0.5) is 5.69 Å². The monoisotopic (exact) mass is 330 g/mol. The van der Waals surface area contributed by atoms with Crippen LogP contribution in [-0.2, 0) is 0 Å². The number of fused-ring (bicyclic) bond motifs is 2. The molecule has 0 spiro atoms. The minimum atomic E-state index is 0.211. The van der Waals surface area contributed by atoms with Crippen molar-refractivity contribution in [3.05, 3.63) is 41.4 Å². The number of nitrogens with one attached hydrogen (secondary N) is 1. The maximum Gasteiger partial charge on any atom is 0.119 e. The molecule has 3 rings (SSSR count). The highest BCUT2D eigenvalue weighted by Gasteiger charge is 2.10. The summed E-state index contributed by atoms with van der Waals surface area (Å²) in [6, 6.07) is 11.6. The smallest absolute Gasteiger partial charge is 0.119 e. The van der Waals surface area contributed by atoms with Gasteiger partial charge in [-0.1, -0.05) is 11.6 Å². The number of rotatable bonds is 6. The number of halogens is 1. The molecule has 0 aliphatic rings. The number of ether oxygens (including phenoxy) is 1. The van der Waals surface area contributed by atoms with Crippen LogP contribution in [0.15, 0.2) is 36.4 Å². The molecule has 0 aliphatic carbocycles. The van der Waals surface area contributed by atoms with Crippen molar-refractivity contribution in [3.8, 4) is 5.75 Å². The van der Waals surface area contributed by atoms with Crippen LogP contribution >= 0.6 is 11.6 Å². The zero-order chi connectivity index (χ0) is 16.2. The van der Waals surface area contributed by atoms with E-state index in [-0.39, 0.29) is 6.61 Å². The molecule has 0 radical (unpaired) electrons. The minimum Gasteiger partial charge on any atom is -0.497 e. The normalized spacial score (nSPS) is 11.1. The van der Waals surface area contributed by atoms with Crippen molar-refractivity contribution in [1.29, 1.82) is 0 Å². The summed E-state index contributed by atoms with van der Waals surface area (Å²) >= 11 is 6.11. The number of aliphatic hydroxyl groups is 1. The predicted molar refractivity (Wildman–Crippen MR) is 95.6 cm³/mol. The third-order valence-corrected chi connectivity index (χ3v) is 4.06. The average Bonchev–Trinajstić information content (AvgIpc) is 2.57. The van der Waals surface area contributed by atoms with E-state index in [1.54, 1.807) is 7.11 Å². The second-order valence-electron chi connectivity index (χ2n) is 5.39. The second-order valence-corrected chi connectivity index (χ2v) is 5.83. The first-order chi connectivity index (χ1) is 11.2. The number of pyridine rings is 1. The Morgan fingerprint density at radius 1 is 1.09 bits per heavy atom. The Balaban J connectivity index is 2.14. The highest BCUT2D eigenvalue weighted by Crippen LogP contribution is 2.34. The molecule has 2 N–H and O–H groups in total. The summed E-state index contributed by atoms with van der Waals surface area (Å²) in [6.45, 7) is 0.998. The molecule has 0 saturated carbocycles. The van der Waals surface area contributed by atoms with Crippen LogP contribution < -0.4 is 10.1 Å². The fourth-order valence-electron chi connectivity index (χ4n) is 2.66. The molecule has 0 fully saturated rings. The van der Waals surface area contributed by atoms with Gasteiger partial charge in [0, 0.05) is 28.9 Å². The fourth-order valence-corrected chi connectivity index (χ4v) is 2.83. The second kappa shape index (κ2) is 7.02. The molecule has 0 amide bonds. The Morgan fingerprint density at radius 3 is 2.74 bits per heavy atom. The van der Waals surface area contributed by atoms with E-state index in [1.165, 1.54) is 0 Å². The van der Waals surface area contributed by atoms with Gasteiger partial charge in [0.05, 0.1) is 23.8 Å². The van der Waals surface area contributed by atoms with Crippen molar-refractivity contribution in [1.82, 2.24) is 4.98 Å². The van der Waals surface area contributed by atoms with Gasteiger partial charge in [-0.05, 0) is 49.2 Å². The van der Waals surface area contributed by atoms with Crippen molar-refractivity contribution < 1.29 is 9.84 Å². The maximum atomic E-state index is 8.94. The van der Waals surface area contributed by atoms with E-state index < -0.39 is 0 Å². The molecule has 2 aromatic carbocycles. The van der Waals surface area contributed by atoms with E-state index in [4.69, 9.17) is 26.4 Å². The Morgan fingerprint density at radius 2 is 1.96 bits per heavy atom. The Labute approximate surface area is 140 Å². The molecular weight excluding hydrogens is 312 g/mol. The molecular formula is C18H19ClN2O2. The fraction of sp³-hybridized carbons (Fsp3) is 0.278. The third kappa shape index (κ3) is 3.33. The van der Waals surface area contributed by atoms with Crippen LogP contribution in [0.5, 0.6) is 5.75 Å². The number of methoxy groups -OCH3 is 1. The number of aromatic nitrogens is 1. The quantitative estimate of drug-likeness (QED) is 0.524. The average molecular weight is 331 g/mol. The van der Waals surface area contributed by atoms with Crippen molar-refractivity contribution in [2.75, 3.05) is 25.6 Å². The van der Waals surface area contributed by atoms with Crippen molar-refractivity contribution in [2.24, 2.45) is 0 Å². The maximum absolute atomic E-state index is 8.94. The van der Waals surface area contributed by atoms with Gasteiger partial charge in [-0.2, -0.15) is 0 Å². The number of unbranched alkanes of at least 4 members (excludes halogenated alkanes) is 1. The van der Waals surface area contributed by atoms with Crippen LogP contribution in [0.3, 0.4) is 0 Å². The molecule has 0 saturated heterocycles. The van der Waals surface area contributed by atoms with Gasteiger partial charge >= 0.3 is 0 Å². The molecule has 5 heteroatoms. The van der Waals surface area contributed by atoms with E-state index in [2.05, 4.69) is 5.32 Å². The Bertz CT molecular complexity index is 836. The first kappa shape index (κ1) is 15.8. The number of nitrogens with zero attached hydrogens (tertiary/aromatic N) is 1. The summed E-state index contributed by atoms with van der Waals surface area (Å²) in [7, 11) is 1.66. The highest BCUT2D eigenvalue weighted by molar-refractivity contribution is 6.31. The van der Waals surface area contributed by atoms with Crippen LogP contribution in [0.1, 0.15) is 12.8 Å². The highest BCUT2D eigenvalue weighted by atomic mass is 35.5. The lowest BCUT2D eigenvalue weighted by molar-refractivity contribution is 0.286. The van der Waals surface area contributed by atoms with Gasteiger partial charge in [0.1, 0.15) is 5.75 Å². The first-order valence-electron chi connectivity index (χ1n) is 7.64. The molecule has 23 heavy (non-hydrogen) atoms. The molecule has 0 unspecified atom stereocenters. The summed E-state index contributed by atoms with van der Waals surface area (Å²) in [4.78, 5) is 4.70. The molecule has 120 valence electrons. The van der Waals surface area contributed by atoms with Gasteiger partial charge in [0.15, 0.2) is 0 Å². The Kier molecular flexibility index (Phi) is 4.84. The standard InChI is InChI=1S/C18H19ClN2O2/c1-23-13-5-7-16-15(11-13)18(20-8-2-3-9-22)14-6-4-12(19)10-17(14)21-16/h4-7,10-11,22H,2-3,8-9H2,1H3,(H,20,21). The summed E-state index contributed by atoms with van der Waals surface area (Å²) in [6.07, 6.45) is 1.68. The number of anilines is 1. The molecule has 1 heterocycles. The van der Waals surface area contributed by atoms with Gasteiger partial charge in [0.2, 0.25) is 0 Å². The summed E-state index contributed by atoms with van der Waals surface area (Å²) < 4.78 is 5.34. The van der Waals surface area contributed by atoms with Crippen molar-refractivity contribution in [2.45, 2.75) is 12.8 Å². The van der Waals surface area contributed by atoms with Gasteiger partial charge < -0.3 is 15.2 Å². The first-order valence-corrected chi connectivity index (χ1v) is 8.02. The third-order valence-electron chi connectivity index (χ3n) is 3.83. The van der Waals surface area contributed by atoms with Gasteiger partial charge in [-0.25, -0.2) is 4.98 Å². The van der Waals surface area contributed by atoms with Gasteiger partial charge in [-0.3, -0.25) is 0 Å². The Hall–Kier alpha value is -2.04. The SMILES string of the molecule is COc1ccc2nc3cc(Cl)ccc3c(NCCCCO)c2c1. The van der Waals surface area contributed by atoms with Gasteiger partial charge in [-0.15, -0.1) is 0 Å². The predicted octanol–water partition coefficient (Wildman–Crippen LogP) is 4.23. The lowest BCUT2D eigenvalue weighted by atomic mass is 10.1. The van der Waals surface area contributed by atoms with E-state index in [0.717, 1.165) is 52.6 Å². The largest absolute Gasteiger partial charge is 0.497 e. The molecule has 0 atom stereocenters. The lowest BCUT2D eigenvalue weighted by Gasteiger charge is -2.14. The molecule has 0 aliphatic heterocycles. The molecule has 4 nitrogen and oxygen atoms in total. The summed E-state index contributed by atoms with van der Waals surface area (Å²) in [5.74, 6) is 0.797. The van der Waals surface area contributed by atoms with Crippen LogP contribution in [0.2, 0.25) is 5.02 Å². The zero-order valence-electron chi connectivity index (χ0n) is 13.0. The van der Waals surface area contributed by atoms with E-state index in [1.807, 2.05) is 36.4 Å². The number of hydrogen-bond acceptors (Lipinski definition) is 4. The number of benzene rings is 2. The van der Waals surface area contributed by atoms with Crippen LogP contribution in [0, 0.1) is 0 Å². The van der Waals surface area contributed by atoms with Gasteiger partial charge in [0.25, 0.3) is 0 Å². The van der Waals surface area contributed by atoms with Crippen molar-refractivity contribution >= 4 is 39.1 Å². The van der Waals surface area contributed by atoms with E-state index >= 15 is 0 Å². The molecule has 1 aromatic heterocycles. The zero-order valence-corrected chi connectivity index (χ0v) is 13.7. The summed E-state index contributed by atoms with van der Waals surface area (Å²) in [5, 5.41) is 15.1. The molecule has 0 bridgehead atoms. The minimum absolute atomic E-state index is 0.211. The van der Waals surface area contributed by atoms with Crippen molar-refractivity contribution in [3.63, 3.8) is 0 Å². The van der Waals surface area contributed by atoms with E-state index in [9.17, 15) is 0 Å². The lowest BCUT2D eigenvalue weighted by Crippen LogP contribution is -2.04.